The summed E-state index contributed by atoms with van der Waals surface area (Å²) in [5, 5.41) is 9.18. The summed E-state index contributed by atoms with van der Waals surface area (Å²) < 4.78 is 0. The highest BCUT2D eigenvalue weighted by atomic mass is 16.4. The molecule has 0 aromatic carbocycles. The largest absolute Gasteiger partial charge is 0.481 e. The van der Waals surface area contributed by atoms with Crippen molar-refractivity contribution in [3.05, 3.63) is 0 Å². The Hall–Kier alpha value is -0.530. The van der Waals surface area contributed by atoms with E-state index in [-0.39, 0.29) is 0 Å². The van der Waals surface area contributed by atoms with Gasteiger partial charge in [0.15, 0.2) is 0 Å². The van der Waals surface area contributed by atoms with Gasteiger partial charge in [-0.05, 0) is 18.3 Å². The van der Waals surface area contributed by atoms with E-state index in [1.54, 1.807) is 0 Å². The molecule has 2 nitrogen and oxygen atoms in total. The van der Waals surface area contributed by atoms with Gasteiger partial charge in [0.25, 0.3) is 0 Å². The zero-order chi connectivity index (χ0) is 16.8. The molecule has 1 rings (SSSR count). The van der Waals surface area contributed by atoms with Gasteiger partial charge in [-0.1, -0.05) is 103 Å². The molecule has 2 heteroatoms. The number of carboxylic acid groups (broad SMARTS) is 1. The lowest BCUT2D eigenvalue weighted by Gasteiger charge is -2.29. The highest BCUT2D eigenvalue weighted by molar-refractivity contribution is 5.67. The first-order valence-corrected chi connectivity index (χ1v) is 10.5. The Morgan fingerprint density at radius 1 is 0.870 bits per heavy atom. The van der Waals surface area contributed by atoms with Crippen LogP contribution < -0.4 is 0 Å². The Kier molecular flexibility index (Phi) is 12.4. The minimum absolute atomic E-state index is 0.405. The van der Waals surface area contributed by atoms with E-state index in [2.05, 4.69) is 6.92 Å². The number of unbranched alkanes of at least 4 members (excludes halogenated alkanes) is 9. The molecule has 0 radical (unpaired) electrons. The van der Waals surface area contributed by atoms with Crippen molar-refractivity contribution in [2.24, 2.45) is 11.8 Å². The molecule has 0 aromatic rings. The molecule has 0 heterocycles. The predicted molar refractivity (Wildman–Crippen MR) is 98.8 cm³/mol. The van der Waals surface area contributed by atoms with Crippen LogP contribution in [-0.4, -0.2) is 11.1 Å². The van der Waals surface area contributed by atoms with Crippen molar-refractivity contribution < 1.29 is 9.90 Å². The highest BCUT2D eigenvalue weighted by Gasteiger charge is 2.25. The summed E-state index contributed by atoms with van der Waals surface area (Å²) in [5.74, 6) is 0.549. The maximum absolute atomic E-state index is 11.1. The van der Waals surface area contributed by atoms with Crippen LogP contribution in [0.2, 0.25) is 0 Å². The smallest absolute Gasteiger partial charge is 0.303 e. The zero-order valence-electron chi connectivity index (χ0n) is 15.5. The molecule has 1 saturated carbocycles. The number of aliphatic carboxylic acids is 1. The second-order valence-electron chi connectivity index (χ2n) is 7.73. The average molecular weight is 325 g/mol. The van der Waals surface area contributed by atoms with Gasteiger partial charge in [-0.15, -0.1) is 0 Å². The van der Waals surface area contributed by atoms with Gasteiger partial charge in [0, 0.05) is 6.42 Å². The van der Waals surface area contributed by atoms with E-state index in [9.17, 15) is 9.90 Å². The third-order valence-electron chi connectivity index (χ3n) is 5.68. The number of hydrogen-bond donors (Lipinski definition) is 1. The van der Waals surface area contributed by atoms with E-state index in [1.807, 2.05) is 0 Å². The van der Waals surface area contributed by atoms with Gasteiger partial charge in [0.1, 0.15) is 0 Å². The molecule has 1 atom stereocenters. The van der Waals surface area contributed by atoms with Gasteiger partial charge in [-0.3, -0.25) is 4.79 Å². The van der Waals surface area contributed by atoms with Crippen LogP contribution in [-0.2, 0) is 4.79 Å². The topological polar surface area (TPSA) is 37.3 Å². The van der Waals surface area contributed by atoms with Gasteiger partial charge in [0.05, 0.1) is 0 Å². The molecular formula is C21H40O2. The van der Waals surface area contributed by atoms with Crippen molar-refractivity contribution in [1.82, 2.24) is 0 Å². The van der Waals surface area contributed by atoms with E-state index in [0.29, 0.717) is 18.3 Å². The van der Waals surface area contributed by atoms with Gasteiger partial charge >= 0.3 is 5.97 Å². The lowest BCUT2D eigenvalue weighted by Crippen LogP contribution is -2.21. The second kappa shape index (κ2) is 13.9. The molecule has 1 aliphatic rings. The van der Waals surface area contributed by atoms with Crippen molar-refractivity contribution in [2.75, 3.05) is 0 Å². The predicted octanol–water partition coefficient (Wildman–Crippen LogP) is 6.97. The lowest BCUT2D eigenvalue weighted by molar-refractivity contribution is -0.138. The number of carbonyl (C=O) groups is 1. The fourth-order valence-electron chi connectivity index (χ4n) is 4.23. The Balaban J connectivity index is 2.04. The van der Waals surface area contributed by atoms with Crippen molar-refractivity contribution >= 4 is 5.97 Å². The van der Waals surface area contributed by atoms with Gasteiger partial charge in [-0.25, -0.2) is 0 Å². The Morgan fingerprint density at radius 3 is 1.91 bits per heavy atom. The number of hydrogen-bond acceptors (Lipinski definition) is 1. The maximum atomic E-state index is 11.1. The minimum Gasteiger partial charge on any atom is -0.481 e. The first-order chi connectivity index (χ1) is 11.2. The quantitative estimate of drug-likeness (QED) is 0.350. The van der Waals surface area contributed by atoms with E-state index in [0.717, 1.165) is 6.42 Å². The van der Waals surface area contributed by atoms with Crippen LogP contribution in [0, 0.1) is 11.8 Å². The lowest BCUT2D eigenvalue weighted by atomic mass is 9.76. The molecule has 1 unspecified atom stereocenters. The molecule has 1 N–H and O–H groups in total. The molecule has 136 valence electrons. The molecule has 23 heavy (non-hydrogen) atoms. The maximum Gasteiger partial charge on any atom is 0.303 e. The third-order valence-corrected chi connectivity index (χ3v) is 5.68. The fraction of sp³-hybridized carbons (Fsp3) is 0.952. The van der Waals surface area contributed by atoms with Crippen LogP contribution >= 0.6 is 0 Å². The summed E-state index contributed by atoms with van der Waals surface area (Å²) in [7, 11) is 0. The Morgan fingerprint density at radius 2 is 1.39 bits per heavy atom. The summed E-state index contributed by atoms with van der Waals surface area (Å²) in [6, 6.07) is 0. The van der Waals surface area contributed by atoms with Crippen LogP contribution in [0.4, 0.5) is 0 Å². The molecule has 1 fully saturated rings. The van der Waals surface area contributed by atoms with Gasteiger partial charge < -0.3 is 5.11 Å². The van der Waals surface area contributed by atoms with Crippen molar-refractivity contribution in [2.45, 2.75) is 116 Å². The number of carboxylic acids is 1. The van der Waals surface area contributed by atoms with E-state index in [1.165, 1.54) is 96.3 Å². The Bertz CT molecular complexity index is 282. The average Bonchev–Trinajstić information content (AvgIpc) is 2.56. The monoisotopic (exact) mass is 324 g/mol. The molecule has 0 bridgehead atoms. The summed E-state index contributed by atoms with van der Waals surface area (Å²) in [6.45, 7) is 2.27. The molecule has 0 saturated heterocycles. The molecule has 0 amide bonds. The molecule has 0 spiro atoms. The summed E-state index contributed by atoms with van der Waals surface area (Å²) in [6.07, 6.45) is 21.7. The van der Waals surface area contributed by atoms with Gasteiger partial charge in [-0.2, -0.15) is 0 Å². The molecular weight excluding hydrogens is 284 g/mol. The highest BCUT2D eigenvalue weighted by Crippen LogP contribution is 2.34. The van der Waals surface area contributed by atoms with Crippen molar-refractivity contribution in [3.63, 3.8) is 0 Å². The molecule has 1 aliphatic carbocycles. The third kappa shape index (κ3) is 10.8. The van der Waals surface area contributed by atoms with Crippen molar-refractivity contribution in [3.8, 4) is 0 Å². The van der Waals surface area contributed by atoms with Crippen molar-refractivity contribution in [1.29, 1.82) is 0 Å². The van der Waals surface area contributed by atoms with E-state index < -0.39 is 5.97 Å². The number of rotatable bonds is 14. The standard InChI is InChI=1S/C21H40O2/c1-2-3-4-5-6-7-8-9-10-12-17-20(18-21(22)23)19-15-13-11-14-16-19/h19-20H,2-18H2,1H3,(H,22,23). The van der Waals surface area contributed by atoms with E-state index >= 15 is 0 Å². The molecule has 0 aromatic heterocycles. The fourth-order valence-corrected chi connectivity index (χ4v) is 4.23. The first-order valence-electron chi connectivity index (χ1n) is 10.5. The normalized spacial score (nSPS) is 17.3. The van der Waals surface area contributed by atoms with Crippen LogP contribution in [0.1, 0.15) is 116 Å². The summed E-state index contributed by atoms with van der Waals surface area (Å²) >= 11 is 0. The zero-order valence-corrected chi connectivity index (χ0v) is 15.5. The molecule has 0 aliphatic heterocycles. The summed E-state index contributed by atoms with van der Waals surface area (Å²) in [4.78, 5) is 11.1. The minimum atomic E-state index is -0.590. The van der Waals surface area contributed by atoms with Gasteiger partial charge in [0.2, 0.25) is 0 Å². The SMILES string of the molecule is CCCCCCCCCCCCC(CC(=O)O)C1CCCCC1. The Labute approximate surface area is 144 Å². The second-order valence-corrected chi connectivity index (χ2v) is 7.73. The van der Waals surface area contributed by atoms with Crippen LogP contribution in [0.15, 0.2) is 0 Å². The summed E-state index contributed by atoms with van der Waals surface area (Å²) in [5.41, 5.74) is 0. The van der Waals surface area contributed by atoms with Crippen LogP contribution in [0.5, 0.6) is 0 Å². The van der Waals surface area contributed by atoms with E-state index in [4.69, 9.17) is 0 Å². The van der Waals surface area contributed by atoms with Crippen LogP contribution in [0.3, 0.4) is 0 Å². The first kappa shape index (κ1) is 20.5. The van der Waals surface area contributed by atoms with Crippen LogP contribution in [0.25, 0.3) is 0 Å².